The molecule has 0 bridgehead atoms. The first-order chi connectivity index (χ1) is 28.8. The van der Waals surface area contributed by atoms with Gasteiger partial charge in [0, 0.05) is 22.3 Å². The zero-order chi connectivity index (χ0) is 38.5. The Bertz CT molecular complexity index is 3040. The maximum atomic E-state index is 2.51. The lowest BCUT2D eigenvalue weighted by Crippen LogP contribution is -2.29. The molecule has 0 saturated carbocycles. The van der Waals surface area contributed by atoms with Crippen LogP contribution in [0.25, 0.3) is 54.9 Å². The van der Waals surface area contributed by atoms with Crippen molar-refractivity contribution in [1.82, 2.24) is 0 Å². The molecule has 0 unspecified atom stereocenters. The molecule has 0 saturated heterocycles. The van der Waals surface area contributed by atoms with Gasteiger partial charge in [0.25, 0.3) is 0 Å². The molecule has 0 aromatic heterocycles. The SMILES string of the molecule is c1ccc(-c2ccc(N(c3ccc4ccccc4c3)c3c(-c4ccccc4)c4c(c5ccccc35)C(c3ccccc3)(c3ccccc3)c3ccccc3-4)cc2)cc1. The molecule has 58 heavy (non-hydrogen) atoms. The topological polar surface area (TPSA) is 3.24 Å². The third-order valence-electron chi connectivity index (χ3n) is 12.1. The van der Waals surface area contributed by atoms with E-state index in [9.17, 15) is 0 Å². The Balaban J connectivity index is 1.32. The van der Waals surface area contributed by atoms with Crippen LogP contribution in [0.2, 0.25) is 0 Å². The van der Waals surface area contributed by atoms with Gasteiger partial charge in [0.15, 0.2) is 0 Å². The zero-order valence-corrected chi connectivity index (χ0v) is 32.0. The van der Waals surface area contributed by atoms with Crippen LogP contribution in [0.4, 0.5) is 17.1 Å². The third-order valence-corrected chi connectivity index (χ3v) is 12.1. The van der Waals surface area contributed by atoms with E-state index in [1.807, 2.05) is 0 Å². The summed E-state index contributed by atoms with van der Waals surface area (Å²) < 4.78 is 0. The minimum atomic E-state index is -0.568. The molecule has 0 fully saturated rings. The second kappa shape index (κ2) is 13.9. The van der Waals surface area contributed by atoms with Crippen LogP contribution in [-0.2, 0) is 5.41 Å². The van der Waals surface area contributed by atoms with Crippen molar-refractivity contribution in [2.75, 3.05) is 4.90 Å². The van der Waals surface area contributed by atoms with Crippen LogP contribution in [0, 0.1) is 0 Å². The van der Waals surface area contributed by atoms with Crippen molar-refractivity contribution in [2.45, 2.75) is 5.41 Å². The first-order valence-corrected chi connectivity index (χ1v) is 20.1. The molecule has 10 aromatic rings. The second-order valence-electron chi connectivity index (χ2n) is 15.2. The van der Waals surface area contributed by atoms with Gasteiger partial charge in [-0.1, -0.05) is 212 Å². The van der Waals surface area contributed by atoms with E-state index in [0.29, 0.717) is 0 Å². The molecule has 0 amide bonds. The first kappa shape index (κ1) is 33.8. The molecule has 0 N–H and O–H groups in total. The molecule has 0 heterocycles. The summed E-state index contributed by atoms with van der Waals surface area (Å²) in [6, 6.07) is 87.0. The summed E-state index contributed by atoms with van der Waals surface area (Å²) in [5, 5.41) is 4.86. The third kappa shape index (κ3) is 5.25. The lowest BCUT2D eigenvalue weighted by molar-refractivity contribution is 0.775. The summed E-state index contributed by atoms with van der Waals surface area (Å²) in [4.78, 5) is 2.51. The average molecular weight is 738 g/mol. The second-order valence-corrected chi connectivity index (χ2v) is 15.2. The van der Waals surface area contributed by atoms with E-state index in [0.717, 1.165) is 17.1 Å². The van der Waals surface area contributed by atoms with Crippen LogP contribution in [0.15, 0.2) is 237 Å². The summed E-state index contributed by atoms with van der Waals surface area (Å²) in [7, 11) is 0. The highest BCUT2D eigenvalue weighted by Crippen LogP contribution is 2.63. The zero-order valence-electron chi connectivity index (χ0n) is 32.0. The molecular formula is C57H39N. The molecule has 0 radical (unpaired) electrons. The van der Waals surface area contributed by atoms with Crippen molar-refractivity contribution < 1.29 is 0 Å². The summed E-state index contributed by atoms with van der Waals surface area (Å²) in [6.07, 6.45) is 0. The predicted octanol–water partition coefficient (Wildman–Crippen LogP) is 15.2. The Morgan fingerprint density at radius 1 is 0.328 bits per heavy atom. The molecule has 11 rings (SSSR count). The van der Waals surface area contributed by atoms with E-state index in [2.05, 4.69) is 241 Å². The molecule has 1 aliphatic carbocycles. The fraction of sp³-hybridized carbons (Fsp3) is 0.0175. The van der Waals surface area contributed by atoms with Gasteiger partial charge < -0.3 is 4.90 Å². The highest BCUT2D eigenvalue weighted by atomic mass is 15.1. The van der Waals surface area contributed by atoms with E-state index in [1.54, 1.807) is 0 Å². The van der Waals surface area contributed by atoms with Gasteiger partial charge in [-0.05, 0) is 90.5 Å². The van der Waals surface area contributed by atoms with Crippen LogP contribution in [0.3, 0.4) is 0 Å². The number of hydrogen-bond acceptors (Lipinski definition) is 1. The van der Waals surface area contributed by atoms with Crippen molar-refractivity contribution >= 4 is 38.6 Å². The normalized spacial score (nSPS) is 12.6. The molecule has 0 aliphatic heterocycles. The van der Waals surface area contributed by atoms with E-state index in [1.165, 1.54) is 77.2 Å². The van der Waals surface area contributed by atoms with Crippen molar-refractivity contribution in [3.8, 4) is 33.4 Å². The van der Waals surface area contributed by atoms with Gasteiger partial charge in [0.05, 0.1) is 11.1 Å². The fourth-order valence-electron chi connectivity index (χ4n) is 9.66. The summed E-state index contributed by atoms with van der Waals surface area (Å²) in [5.74, 6) is 0. The van der Waals surface area contributed by atoms with Crippen molar-refractivity contribution in [3.05, 3.63) is 259 Å². The summed E-state index contributed by atoms with van der Waals surface area (Å²) >= 11 is 0. The minimum absolute atomic E-state index is 0.568. The number of hydrogen-bond donors (Lipinski definition) is 0. The largest absolute Gasteiger partial charge is 0.309 e. The monoisotopic (exact) mass is 737 g/mol. The van der Waals surface area contributed by atoms with E-state index < -0.39 is 5.41 Å². The number of nitrogens with zero attached hydrogens (tertiary/aromatic N) is 1. The smallest absolute Gasteiger partial charge is 0.0719 e. The van der Waals surface area contributed by atoms with Crippen LogP contribution < -0.4 is 4.90 Å². The lowest BCUT2D eigenvalue weighted by Gasteiger charge is -2.36. The maximum Gasteiger partial charge on any atom is 0.0719 e. The van der Waals surface area contributed by atoms with Gasteiger partial charge >= 0.3 is 0 Å². The highest BCUT2D eigenvalue weighted by Gasteiger charge is 2.49. The van der Waals surface area contributed by atoms with Crippen LogP contribution in [-0.4, -0.2) is 0 Å². The number of rotatable bonds is 7. The standard InChI is InChI=1S/C57H39N/c1-5-19-40(20-6-1)42-33-36-47(37-34-42)58(48-38-35-41-21-13-14-24-44(41)39-48)56-50-30-16-15-29-49(50)55-54(53(56)43-22-7-2-8-23-43)51-31-17-18-32-52(51)57(55,45-25-9-3-10-26-45)46-27-11-4-12-28-46/h1-39H. The molecule has 272 valence electrons. The molecule has 0 spiro atoms. The van der Waals surface area contributed by atoms with Gasteiger partial charge in [0.1, 0.15) is 0 Å². The van der Waals surface area contributed by atoms with Crippen molar-refractivity contribution in [1.29, 1.82) is 0 Å². The van der Waals surface area contributed by atoms with E-state index in [-0.39, 0.29) is 0 Å². The average Bonchev–Trinajstić information content (AvgIpc) is 3.62. The van der Waals surface area contributed by atoms with Crippen LogP contribution in [0.5, 0.6) is 0 Å². The van der Waals surface area contributed by atoms with Gasteiger partial charge in [-0.25, -0.2) is 0 Å². The number of benzene rings is 10. The summed E-state index contributed by atoms with van der Waals surface area (Å²) in [5.41, 5.74) is 15.3. The molecule has 10 aromatic carbocycles. The lowest BCUT2D eigenvalue weighted by atomic mass is 9.66. The van der Waals surface area contributed by atoms with E-state index in [4.69, 9.17) is 0 Å². The number of fused-ring (bicyclic) bond motifs is 6. The maximum absolute atomic E-state index is 2.51. The molecule has 1 heteroatoms. The fourth-order valence-corrected chi connectivity index (χ4v) is 9.66. The Labute approximate surface area is 339 Å². The molecule has 0 atom stereocenters. The first-order valence-electron chi connectivity index (χ1n) is 20.1. The van der Waals surface area contributed by atoms with E-state index >= 15 is 0 Å². The van der Waals surface area contributed by atoms with Gasteiger partial charge in [0.2, 0.25) is 0 Å². The van der Waals surface area contributed by atoms with Crippen molar-refractivity contribution in [3.63, 3.8) is 0 Å². The van der Waals surface area contributed by atoms with Gasteiger partial charge in [-0.3, -0.25) is 0 Å². The molecular weight excluding hydrogens is 699 g/mol. The Morgan fingerprint density at radius 2 is 0.828 bits per heavy atom. The predicted molar refractivity (Wildman–Crippen MR) is 244 cm³/mol. The Hall–Kier alpha value is -7.48. The molecule has 1 nitrogen and oxygen atoms in total. The quantitative estimate of drug-likeness (QED) is 0.157. The van der Waals surface area contributed by atoms with Crippen LogP contribution >= 0.6 is 0 Å². The summed E-state index contributed by atoms with van der Waals surface area (Å²) in [6.45, 7) is 0. The van der Waals surface area contributed by atoms with Crippen molar-refractivity contribution in [2.24, 2.45) is 0 Å². The van der Waals surface area contributed by atoms with Gasteiger partial charge in [-0.15, -0.1) is 0 Å². The Morgan fingerprint density at radius 3 is 1.50 bits per heavy atom. The minimum Gasteiger partial charge on any atom is -0.309 e. The highest BCUT2D eigenvalue weighted by molar-refractivity contribution is 6.17. The van der Waals surface area contributed by atoms with Crippen LogP contribution in [0.1, 0.15) is 22.3 Å². The Kier molecular flexibility index (Phi) is 8.12. The van der Waals surface area contributed by atoms with Gasteiger partial charge in [-0.2, -0.15) is 0 Å². The number of anilines is 3. The molecule has 1 aliphatic rings.